The topological polar surface area (TPSA) is 70.7 Å². The molecule has 2 N–H and O–H groups in total. The van der Waals surface area contributed by atoms with E-state index >= 15 is 0 Å². The molecule has 2 amide bonds. The molecule has 1 aliphatic rings. The normalized spacial score (nSPS) is 14.6. The van der Waals surface area contributed by atoms with Crippen molar-refractivity contribution < 1.29 is 18.7 Å². The number of hydrogen-bond acceptors (Lipinski definition) is 5. The Morgan fingerprint density at radius 3 is 2.59 bits per heavy atom. The standard InChI is InChI=1S/C20H23ClFN3O3S/c21-18-5-2-15(29-18)3-6-19(26)23-14-1-4-16(22)17(13-14)24-20(27)7-8-25-9-11-28-12-10-25/h1-2,4-5,13H,3,6-12H2,(H,23,26)(H,24,27). The van der Waals surface area contributed by atoms with Gasteiger partial charge in [0.1, 0.15) is 5.82 Å². The predicted octanol–water partition coefficient (Wildman–Crippen LogP) is 3.77. The van der Waals surface area contributed by atoms with Crippen LogP contribution in [0.4, 0.5) is 15.8 Å². The highest BCUT2D eigenvalue weighted by molar-refractivity contribution is 7.16. The van der Waals surface area contributed by atoms with E-state index < -0.39 is 5.82 Å². The van der Waals surface area contributed by atoms with E-state index in [0.717, 1.165) is 18.0 Å². The zero-order valence-electron chi connectivity index (χ0n) is 15.9. The lowest BCUT2D eigenvalue weighted by molar-refractivity contribution is -0.117. The molecule has 0 spiro atoms. The summed E-state index contributed by atoms with van der Waals surface area (Å²) in [6.07, 6.45) is 1.13. The van der Waals surface area contributed by atoms with Crippen LogP contribution in [0.5, 0.6) is 0 Å². The van der Waals surface area contributed by atoms with Gasteiger partial charge in [0.15, 0.2) is 0 Å². The van der Waals surface area contributed by atoms with E-state index in [-0.39, 0.29) is 30.3 Å². The molecule has 156 valence electrons. The minimum Gasteiger partial charge on any atom is -0.379 e. The molecule has 0 atom stereocenters. The van der Waals surface area contributed by atoms with Gasteiger partial charge in [-0.1, -0.05) is 11.6 Å². The molecule has 3 rings (SSSR count). The van der Waals surface area contributed by atoms with Crippen LogP contribution in [0.15, 0.2) is 30.3 Å². The zero-order valence-corrected chi connectivity index (χ0v) is 17.5. The largest absolute Gasteiger partial charge is 0.379 e. The lowest BCUT2D eigenvalue weighted by Gasteiger charge is -2.26. The van der Waals surface area contributed by atoms with Gasteiger partial charge in [-0.15, -0.1) is 11.3 Å². The molecule has 0 aliphatic carbocycles. The molecule has 2 heterocycles. The van der Waals surface area contributed by atoms with Crippen molar-refractivity contribution in [1.82, 2.24) is 4.90 Å². The number of nitrogens with zero attached hydrogens (tertiary/aromatic N) is 1. The van der Waals surface area contributed by atoms with E-state index in [2.05, 4.69) is 15.5 Å². The lowest BCUT2D eigenvalue weighted by Crippen LogP contribution is -2.38. The molecular formula is C20H23ClFN3O3S. The van der Waals surface area contributed by atoms with Crippen LogP contribution in [0.25, 0.3) is 0 Å². The first-order valence-electron chi connectivity index (χ1n) is 9.43. The Hall–Kier alpha value is -2.00. The number of hydrogen-bond donors (Lipinski definition) is 2. The number of ether oxygens (including phenoxy) is 1. The number of aryl methyl sites for hydroxylation is 1. The second-order valence-corrected chi connectivity index (χ2v) is 8.50. The third-order valence-electron chi connectivity index (χ3n) is 4.51. The Bertz CT molecular complexity index is 855. The first-order valence-corrected chi connectivity index (χ1v) is 10.6. The van der Waals surface area contributed by atoms with Gasteiger partial charge in [0, 0.05) is 43.0 Å². The van der Waals surface area contributed by atoms with Gasteiger partial charge >= 0.3 is 0 Å². The number of amides is 2. The van der Waals surface area contributed by atoms with Crippen molar-refractivity contribution in [2.45, 2.75) is 19.3 Å². The van der Waals surface area contributed by atoms with Crippen molar-refractivity contribution in [3.05, 3.63) is 45.4 Å². The van der Waals surface area contributed by atoms with Crippen LogP contribution in [-0.2, 0) is 20.7 Å². The van der Waals surface area contributed by atoms with E-state index in [4.69, 9.17) is 16.3 Å². The minimum atomic E-state index is -0.545. The van der Waals surface area contributed by atoms with Crippen molar-refractivity contribution in [3.8, 4) is 0 Å². The molecule has 6 nitrogen and oxygen atoms in total. The van der Waals surface area contributed by atoms with Crippen LogP contribution in [0.2, 0.25) is 4.34 Å². The highest BCUT2D eigenvalue weighted by Gasteiger charge is 2.14. The van der Waals surface area contributed by atoms with E-state index in [9.17, 15) is 14.0 Å². The van der Waals surface area contributed by atoms with Crippen LogP contribution in [0.1, 0.15) is 17.7 Å². The number of carbonyl (C=O) groups is 2. The highest BCUT2D eigenvalue weighted by Crippen LogP contribution is 2.23. The van der Waals surface area contributed by atoms with Crippen molar-refractivity contribution in [2.75, 3.05) is 43.5 Å². The molecule has 0 radical (unpaired) electrons. The molecular weight excluding hydrogens is 417 g/mol. The van der Waals surface area contributed by atoms with Crippen molar-refractivity contribution in [2.24, 2.45) is 0 Å². The Balaban J connectivity index is 1.49. The summed E-state index contributed by atoms with van der Waals surface area (Å²) in [7, 11) is 0. The second-order valence-electron chi connectivity index (χ2n) is 6.70. The van der Waals surface area contributed by atoms with Gasteiger partial charge < -0.3 is 15.4 Å². The van der Waals surface area contributed by atoms with Crippen molar-refractivity contribution in [3.63, 3.8) is 0 Å². The van der Waals surface area contributed by atoms with Gasteiger partial charge in [0.05, 0.1) is 23.2 Å². The summed E-state index contributed by atoms with van der Waals surface area (Å²) in [5, 5.41) is 5.32. The van der Waals surface area contributed by atoms with E-state index in [1.165, 1.54) is 29.5 Å². The molecule has 0 unspecified atom stereocenters. The lowest BCUT2D eigenvalue weighted by atomic mass is 10.2. The Morgan fingerprint density at radius 2 is 1.86 bits per heavy atom. The quantitative estimate of drug-likeness (QED) is 0.656. The summed E-state index contributed by atoms with van der Waals surface area (Å²) >= 11 is 7.33. The first kappa shape index (κ1) is 21.7. The second kappa shape index (κ2) is 10.7. The number of anilines is 2. The fourth-order valence-electron chi connectivity index (χ4n) is 2.94. The number of rotatable bonds is 8. The Kier molecular flexibility index (Phi) is 8.00. The van der Waals surface area contributed by atoms with Gasteiger partial charge in [0.2, 0.25) is 11.8 Å². The van der Waals surface area contributed by atoms with Gasteiger partial charge in [0.25, 0.3) is 0 Å². The minimum absolute atomic E-state index is 0.0554. The van der Waals surface area contributed by atoms with Crippen LogP contribution in [0, 0.1) is 5.82 Å². The molecule has 9 heteroatoms. The predicted molar refractivity (Wildman–Crippen MR) is 113 cm³/mol. The fourth-order valence-corrected chi connectivity index (χ4v) is 4.03. The smallest absolute Gasteiger partial charge is 0.225 e. The summed E-state index contributed by atoms with van der Waals surface area (Å²) in [4.78, 5) is 27.5. The Morgan fingerprint density at radius 1 is 1.10 bits per heavy atom. The van der Waals surface area contributed by atoms with E-state index in [1.54, 1.807) is 6.07 Å². The molecule has 0 saturated carbocycles. The number of halogens is 2. The van der Waals surface area contributed by atoms with Crippen molar-refractivity contribution >= 4 is 46.1 Å². The molecule has 2 aromatic rings. The molecule has 1 aliphatic heterocycles. The zero-order chi connectivity index (χ0) is 20.6. The average molecular weight is 440 g/mol. The van der Waals surface area contributed by atoms with Gasteiger partial charge in [-0.25, -0.2) is 4.39 Å². The summed E-state index contributed by atoms with van der Waals surface area (Å²) in [6.45, 7) is 3.51. The average Bonchev–Trinajstić information content (AvgIpc) is 3.13. The maximum Gasteiger partial charge on any atom is 0.225 e. The van der Waals surface area contributed by atoms with Gasteiger partial charge in [-0.2, -0.15) is 0 Å². The monoisotopic (exact) mass is 439 g/mol. The van der Waals surface area contributed by atoms with Gasteiger partial charge in [-0.3, -0.25) is 14.5 Å². The number of benzene rings is 1. The molecule has 1 aromatic carbocycles. The number of thiophene rings is 1. The van der Waals surface area contributed by atoms with Crippen molar-refractivity contribution in [1.29, 1.82) is 0 Å². The maximum atomic E-state index is 14.1. The summed E-state index contributed by atoms with van der Waals surface area (Å²) in [6, 6.07) is 7.82. The SMILES string of the molecule is O=C(CCc1ccc(Cl)s1)Nc1ccc(F)c(NC(=O)CCN2CCOCC2)c1. The van der Waals surface area contributed by atoms with Crippen LogP contribution in [-0.4, -0.2) is 49.6 Å². The maximum absolute atomic E-state index is 14.1. The number of carbonyl (C=O) groups excluding carboxylic acids is 2. The third-order valence-corrected chi connectivity index (χ3v) is 5.80. The summed E-state index contributed by atoms with van der Waals surface area (Å²) in [5.74, 6) is -1.00. The first-order chi connectivity index (χ1) is 14.0. The fraction of sp³-hybridized carbons (Fsp3) is 0.400. The Labute approximate surface area is 178 Å². The third kappa shape index (κ3) is 7.08. The van der Waals surface area contributed by atoms with Crippen LogP contribution >= 0.6 is 22.9 Å². The van der Waals surface area contributed by atoms with E-state index in [0.29, 0.717) is 36.2 Å². The molecule has 1 fully saturated rings. The van der Waals surface area contributed by atoms with E-state index in [1.807, 2.05) is 6.07 Å². The summed E-state index contributed by atoms with van der Waals surface area (Å²) in [5.41, 5.74) is 0.490. The highest BCUT2D eigenvalue weighted by atomic mass is 35.5. The van der Waals surface area contributed by atoms with Crippen LogP contribution in [0.3, 0.4) is 0 Å². The molecule has 29 heavy (non-hydrogen) atoms. The molecule has 1 aromatic heterocycles. The van der Waals surface area contributed by atoms with Crippen LogP contribution < -0.4 is 10.6 Å². The van der Waals surface area contributed by atoms with Gasteiger partial charge in [-0.05, 0) is 36.8 Å². The number of morpholine rings is 1. The molecule has 0 bridgehead atoms. The molecule has 1 saturated heterocycles. The summed E-state index contributed by atoms with van der Waals surface area (Å²) < 4.78 is 20.0. The number of nitrogens with one attached hydrogen (secondary N) is 2.